The molecule has 0 radical (unpaired) electrons. The van der Waals surface area contributed by atoms with Crippen molar-refractivity contribution in [1.82, 2.24) is 0 Å². The Balaban J connectivity index is 2.50. The van der Waals surface area contributed by atoms with Gasteiger partial charge in [-0.15, -0.1) is 11.8 Å². The molecule has 2 N–H and O–H groups in total. The van der Waals surface area contributed by atoms with Crippen LogP contribution < -0.4 is 5.73 Å². The molecule has 0 fully saturated rings. The maximum absolute atomic E-state index is 6.48. The van der Waals surface area contributed by atoms with E-state index >= 15 is 0 Å². The fourth-order valence-electron chi connectivity index (χ4n) is 2.23. The van der Waals surface area contributed by atoms with Crippen molar-refractivity contribution in [2.24, 2.45) is 5.73 Å². The van der Waals surface area contributed by atoms with Crippen molar-refractivity contribution < 1.29 is 0 Å². The number of hydrogen-bond donors (Lipinski definition) is 1. The monoisotopic (exact) mass is 335 g/mol. The van der Waals surface area contributed by atoms with Crippen molar-refractivity contribution in [1.29, 1.82) is 0 Å². The van der Waals surface area contributed by atoms with E-state index in [2.05, 4.69) is 72.4 Å². The maximum Gasteiger partial charge on any atom is 0.0565 e. The third kappa shape index (κ3) is 3.04. The first-order valence-corrected chi connectivity index (χ1v) is 8.21. The van der Waals surface area contributed by atoms with Crippen LogP contribution in [0.2, 0.25) is 0 Å². The van der Waals surface area contributed by atoms with Crippen molar-refractivity contribution >= 4 is 27.7 Å². The minimum atomic E-state index is -0.0737. The molecular weight excluding hydrogens is 318 g/mol. The number of aryl methyl sites for hydroxylation is 2. The second-order valence-electron chi connectivity index (χ2n) is 4.68. The zero-order chi connectivity index (χ0) is 14.0. The highest BCUT2D eigenvalue weighted by molar-refractivity contribution is 9.10. The minimum Gasteiger partial charge on any atom is -0.320 e. The summed E-state index contributed by atoms with van der Waals surface area (Å²) in [6.45, 7) is 4.21. The van der Waals surface area contributed by atoms with Gasteiger partial charge in [0.2, 0.25) is 0 Å². The van der Waals surface area contributed by atoms with Gasteiger partial charge in [0.05, 0.1) is 6.04 Å². The Labute approximate surface area is 127 Å². The van der Waals surface area contributed by atoms with Crippen LogP contribution in [0, 0.1) is 13.8 Å². The summed E-state index contributed by atoms with van der Waals surface area (Å²) in [6, 6.07) is 12.6. The van der Waals surface area contributed by atoms with Crippen molar-refractivity contribution in [3.05, 3.63) is 63.1 Å². The summed E-state index contributed by atoms with van der Waals surface area (Å²) < 4.78 is 1.14. The van der Waals surface area contributed by atoms with E-state index in [9.17, 15) is 0 Å². The Bertz CT molecular complexity index is 595. The lowest BCUT2D eigenvalue weighted by Gasteiger charge is -2.19. The Morgan fingerprint density at radius 1 is 1.05 bits per heavy atom. The normalized spacial score (nSPS) is 12.5. The molecule has 1 unspecified atom stereocenters. The predicted molar refractivity (Wildman–Crippen MR) is 87.9 cm³/mol. The van der Waals surface area contributed by atoms with E-state index < -0.39 is 0 Å². The fraction of sp³-hybridized carbons (Fsp3) is 0.250. The van der Waals surface area contributed by atoms with Gasteiger partial charge in [0, 0.05) is 9.37 Å². The van der Waals surface area contributed by atoms with Crippen molar-refractivity contribution in [2.45, 2.75) is 24.8 Å². The average Bonchev–Trinajstić information content (AvgIpc) is 2.42. The first kappa shape index (κ1) is 14.6. The number of halogens is 1. The molecule has 0 aliphatic rings. The van der Waals surface area contributed by atoms with E-state index in [1.807, 2.05) is 0 Å². The summed E-state index contributed by atoms with van der Waals surface area (Å²) in [5.41, 5.74) is 11.3. The fourth-order valence-corrected chi connectivity index (χ4v) is 3.33. The molecule has 0 spiro atoms. The van der Waals surface area contributed by atoms with Gasteiger partial charge in [0.25, 0.3) is 0 Å². The molecule has 0 saturated heterocycles. The molecule has 0 aromatic heterocycles. The van der Waals surface area contributed by atoms with Crippen LogP contribution in [-0.2, 0) is 0 Å². The highest BCUT2D eigenvalue weighted by Crippen LogP contribution is 2.32. The van der Waals surface area contributed by atoms with Gasteiger partial charge in [0.15, 0.2) is 0 Å². The predicted octanol–water partition coefficient (Wildman–Crippen LogP) is 4.84. The SMILES string of the molecule is CSc1ccccc1C(N)c1cc(C)c(Br)cc1C. The van der Waals surface area contributed by atoms with Crippen LogP contribution in [0.1, 0.15) is 28.3 Å². The van der Waals surface area contributed by atoms with Crippen LogP contribution >= 0.6 is 27.7 Å². The molecule has 100 valence electrons. The van der Waals surface area contributed by atoms with Gasteiger partial charge in [0.1, 0.15) is 0 Å². The largest absolute Gasteiger partial charge is 0.320 e. The Hall–Kier alpha value is -0.770. The minimum absolute atomic E-state index is 0.0737. The van der Waals surface area contributed by atoms with Crippen LogP contribution in [0.4, 0.5) is 0 Å². The standard InChI is InChI=1S/C16H18BrNS/c1-10-9-14(17)11(2)8-13(10)16(18)12-6-4-5-7-15(12)19-3/h4-9,16H,18H2,1-3H3. The molecule has 0 aliphatic carbocycles. The first-order chi connectivity index (χ1) is 9.04. The molecule has 0 heterocycles. The maximum atomic E-state index is 6.48. The summed E-state index contributed by atoms with van der Waals surface area (Å²) in [7, 11) is 0. The third-order valence-corrected chi connectivity index (χ3v) is 5.02. The summed E-state index contributed by atoms with van der Waals surface area (Å²) in [5, 5.41) is 0. The summed E-state index contributed by atoms with van der Waals surface area (Å²) in [5.74, 6) is 0. The Morgan fingerprint density at radius 2 is 1.74 bits per heavy atom. The number of benzene rings is 2. The van der Waals surface area contributed by atoms with Gasteiger partial charge in [-0.05, 0) is 54.5 Å². The molecule has 3 heteroatoms. The second kappa shape index (κ2) is 6.12. The highest BCUT2D eigenvalue weighted by Gasteiger charge is 2.15. The van der Waals surface area contributed by atoms with Crippen LogP contribution in [-0.4, -0.2) is 6.26 Å². The molecule has 1 atom stereocenters. The lowest BCUT2D eigenvalue weighted by atomic mass is 9.94. The number of thioether (sulfide) groups is 1. The van der Waals surface area contributed by atoms with Crippen LogP contribution in [0.3, 0.4) is 0 Å². The molecule has 1 nitrogen and oxygen atoms in total. The van der Waals surface area contributed by atoms with Crippen LogP contribution in [0.25, 0.3) is 0 Å². The molecule has 2 aromatic rings. The molecule has 19 heavy (non-hydrogen) atoms. The van der Waals surface area contributed by atoms with Crippen molar-refractivity contribution in [3.63, 3.8) is 0 Å². The zero-order valence-corrected chi connectivity index (χ0v) is 13.8. The first-order valence-electron chi connectivity index (χ1n) is 6.19. The average molecular weight is 336 g/mol. The van der Waals surface area contributed by atoms with E-state index in [-0.39, 0.29) is 6.04 Å². The number of rotatable bonds is 3. The molecular formula is C16H18BrNS. The van der Waals surface area contributed by atoms with E-state index in [4.69, 9.17) is 5.73 Å². The lowest BCUT2D eigenvalue weighted by molar-refractivity contribution is 0.837. The van der Waals surface area contributed by atoms with E-state index in [0.29, 0.717) is 0 Å². The Kier molecular flexibility index (Phi) is 4.71. The van der Waals surface area contributed by atoms with E-state index in [1.165, 1.54) is 27.1 Å². The van der Waals surface area contributed by atoms with Crippen LogP contribution in [0.5, 0.6) is 0 Å². The van der Waals surface area contributed by atoms with Gasteiger partial charge in [-0.1, -0.05) is 40.2 Å². The van der Waals surface area contributed by atoms with Crippen molar-refractivity contribution in [2.75, 3.05) is 6.26 Å². The molecule has 2 aromatic carbocycles. The lowest BCUT2D eigenvalue weighted by Crippen LogP contribution is -2.14. The van der Waals surface area contributed by atoms with E-state index in [0.717, 1.165) is 4.47 Å². The second-order valence-corrected chi connectivity index (χ2v) is 6.38. The number of hydrogen-bond acceptors (Lipinski definition) is 2. The van der Waals surface area contributed by atoms with Gasteiger partial charge in [-0.2, -0.15) is 0 Å². The molecule has 0 amide bonds. The van der Waals surface area contributed by atoms with E-state index in [1.54, 1.807) is 11.8 Å². The van der Waals surface area contributed by atoms with Gasteiger partial charge >= 0.3 is 0 Å². The van der Waals surface area contributed by atoms with Gasteiger partial charge in [-0.25, -0.2) is 0 Å². The van der Waals surface area contributed by atoms with Crippen molar-refractivity contribution in [3.8, 4) is 0 Å². The summed E-state index contributed by atoms with van der Waals surface area (Å²) in [6.07, 6.45) is 2.09. The topological polar surface area (TPSA) is 26.0 Å². The zero-order valence-electron chi connectivity index (χ0n) is 11.4. The third-order valence-electron chi connectivity index (χ3n) is 3.36. The van der Waals surface area contributed by atoms with Gasteiger partial charge in [-0.3, -0.25) is 0 Å². The molecule has 0 aliphatic heterocycles. The van der Waals surface area contributed by atoms with Gasteiger partial charge < -0.3 is 5.73 Å². The molecule has 0 bridgehead atoms. The molecule has 0 saturated carbocycles. The van der Waals surface area contributed by atoms with Crippen LogP contribution in [0.15, 0.2) is 45.8 Å². The quantitative estimate of drug-likeness (QED) is 0.812. The highest BCUT2D eigenvalue weighted by atomic mass is 79.9. The molecule has 2 rings (SSSR count). The summed E-state index contributed by atoms with van der Waals surface area (Å²) >= 11 is 5.31. The Morgan fingerprint density at radius 3 is 2.42 bits per heavy atom. The summed E-state index contributed by atoms with van der Waals surface area (Å²) in [4.78, 5) is 1.25. The smallest absolute Gasteiger partial charge is 0.0565 e. The number of nitrogens with two attached hydrogens (primary N) is 1.